The molecule has 0 saturated carbocycles. The molecule has 23 heavy (non-hydrogen) atoms. The van der Waals surface area contributed by atoms with Crippen LogP contribution in [0.3, 0.4) is 0 Å². The highest BCUT2D eigenvalue weighted by atomic mass is 15.1. The van der Waals surface area contributed by atoms with E-state index >= 15 is 0 Å². The normalized spacial score (nSPS) is 13.0. The van der Waals surface area contributed by atoms with Gasteiger partial charge in [0.05, 0.1) is 11.0 Å². The van der Waals surface area contributed by atoms with Crippen LogP contribution < -0.4 is 5.73 Å². The Labute approximate surface area is 138 Å². The smallest absolute Gasteiger partial charge is 0.0713 e. The van der Waals surface area contributed by atoms with Crippen LogP contribution in [0.5, 0.6) is 0 Å². The first-order valence-electron chi connectivity index (χ1n) is 8.51. The molecule has 0 spiro atoms. The van der Waals surface area contributed by atoms with Gasteiger partial charge in [-0.25, -0.2) is 4.98 Å². The van der Waals surface area contributed by atoms with Crippen molar-refractivity contribution in [1.29, 1.82) is 0 Å². The molecule has 1 unspecified atom stereocenters. The molecule has 3 nitrogen and oxygen atoms in total. The molecule has 0 radical (unpaired) electrons. The number of hydrogen-bond donors (Lipinski definition) is 1. The highest BCUT2D eigenvalue weighted by molar-refractivity contribution is 5.97. The Morgan fingerprint density at radius 2 is 1.43 bits per heavy atom. The summed E-state index contributed by atoms with van der Waals surface area (Å²) in [7, 11) is 0. The third-order valence-electron chi connectivity index (χ3n) is 4.66. The molecule has 120 valence electrons. The van der Waals surface area contributed by atoms with Crippen LogP contribution in [0.25, 0.3) is 21.8 Å². The van der Waals surface area contributed by atoms with E-state index in [0.717, 1.165) is 30.5 Å². The van der Waals surface area contributed by atoms with Gasteiger partial charge in [0.25, 0.3) is 0 Å². The van der Waals surface area contributed by atoms with Crippen LogP contribution in [-0.2, 0) is 0 Å². The molecule has 0 amide bonds. The third-order valence-corrected chi connectivity index (χ3v) is 4.66. The standard InChI is InChI=1S/C20H25N3/c1-3-23(4-2)19(13-14-21)20-15-9-5-7-11-17(15)22-18-12-8-6-10-16(18)20/h5-12,19H,3-4,13-14,21H2,1-2H3. The van der Waals surface area contributed by atoms with Crippen LogP contribution in [0.4, 0.5) is 0 Å². The highest BCUT2D eigenvalue weighted by Gasteiger charge is 2.22. The van der Waals surface area contributed by atoms with E-state index in [4.69, 9.17) is 10.7 Å². The second kappa shape index (κ2) is 7.07. The maximum Gasteiger partial charge on any atom is 0.0713 e. The predicted octanol–water partition coefficient (Wildman–Crippen LogP) is 4.12. The number of nitrogens with zero attached hydrogens (tertiary/aromatic N) is 2. The summed E-state index contributed by atoms with van der Waals surface area (Å²) in [6, 6.07) is 17.2. The number of fused-ring (bicyclic) bond motifs is 2. The number of benzene rings is 2. The zero-order chi connectivity index (χ0) is 16.2. The van der Waals surface area contributed by atoms with Crippen LogP contribution in [-0.4, -0.2) is 29.5 Å². The maximum atomic E-state index is 5.96. The molecule has 2 N–H and O–H groups in total. The van der Waals surface area contributed by atoms with Gasteiger partial charge in [-0.3, -0.25) is 4.90 Å². The number of pyridine rings is 1. The fourth-order valence-electron chi connectivity index (χ4n) is 3.56. The predicted molar refractivity (Wildman–Crippen MR) is 98.6 cm³/mol. The van der Waals surface area contributed by atoms with Crippen LogP contribution in [0.1, 0.15) is 31.9 Å². The quantitative estimate of drug-likeness (QED) is 0.697. The van der Waals surface area contributed by atoms with Gasteiger partial charge < -0.3 is 5.73 Å². The molecule has 0 bridgehead atoms. The minimum atomic E-state index is 0.327. The van der Waals surface area contributed by atoms with Crippen molar-refractivity contribution in [2.45, 2.75) is 26.3 Å². The summed E-state index contributed by atoms with van der Waals surface area (Å²) in [6.45, 7) is 7.17. The van der Waals surface area contributed by atoms with E-state index in [1.54, 1.807) is 0 Å². The summed E-state index contributed by atoms with van der Waals surface area (Å²) in [6.07, 6.45) is 0.958. The summed E-state index contributed by atoms with van der Waals surface area (Å²) in [5.41, 5.74) is 9.47. The summed E-state index contributed by atoms with van der Waals surface area (Å²) in [5.74, 6) is 0. The summed E-state index contributed by atoms with van der Waals surface area (Å²) < 4.78 is 0. The highest BCUT2D eigenvalue weighted by Crippen LogP contribution is 2.35. The van der Waals surface area contributed by atoms with E-state index in [1.807, 2.05) is 0 Å². The molecule has 0 aliphatic rings. The van der Waals surface area contributed by atoms with Gasteiger partial charge in [0.1, 0.15) is 0 Å². The van der Waals surface area contributed by atoms with Gasteiger partial charge in [-0.05, 0) is 43.8 Å². The van der Waals surface area contributed by atoms with Crippen molar-refractivity contribution >= 4 is 21.8 Å². The van der Waals surface area contributed by atoms with E-state index in [0.29, 0.717) is 12.6 Å². The maximum absolute atomic E-state index is 5.96. The molecule has 3 heteroatoms. The molecule has 0 aliphatic carbocycles. The Morgan fingerprint density at radius 1 is 0.913 bits per heavy atom. The van der Waals surface area contributed by atoms with Crippen molar-refractivity contribution in [1.82, 2.24) is 9.88 Å². The zero-order valence-electron chi connectivity index (χ0n) is 14.0. The lowest BCUT2D eigenvalue weighted by atomic mass is 9.93. The van der Waals surface area contributed by atoms with Crippen molar-refractivity contribution in [3.63, 3.8) is 0 Å². The second-order valence-electron chi connectivity index (χ2n) is 5.87. The summed E-state index contributed by atoms with van der Waals surface area (Å²) in [5, 5.41) is 2.49. The fraction of sp³-hybridized carbons (Fsp3) is 0.350. The van der Waals surface area contributed by atoms with Crippen LogP contribution in [0.2, 0.25) is 0 Å². The van der Waals surface area contributed by atoms with E-state index in [9.17, 15) is 0 Å². The van der Waals surface area contributed by atoms with Gasteiger partial charge in [0.2, 0.25) is 0 Å². The molecule has 3 aromatic rings. The molecule has 0 saturated heterocycles. The van der Waals surface area contributed by atoms with Crippen molar-refractivity contribution in [3.05, 3.63) is 54.1 Å². The van der Waals surface area contributed by atoms with Gasteiger partial charge in [-0.2, -0.15) is 0 Å². The van der Waals surface area contributed by atoms with Crippen molar-refractivity contribution in [2.75, 3.05) is 19.6 Å². The van der Waals surface area contributed by atoms with Crippen LogP contribution >= 0.6 is 0 Å². The molecule has 1 atom stereocenters. The van der Waals surface area contributed by atoms with Crippen molar-refractivity contribution < 1.29 is 0 Å². The Morgan fingerprint density at radius 3 is 1.91 bits per heavy atom. The topological polar surface area (TPSA) is 42.1 Å². The second-order valence-corrected chi connectivity index (χ2v) is 5.87. The van der Waals surface area contributed by atoms with Gasteiger partial charge in [-0.15, -0.1) is 0 Å². The monoisotopic (exact) mass is 307 g/mol. The third kappa shape index (κ3) is 2.94. The van der Waals surface area contributed by atoms with Gasteiger partial charge in [0.15, 0.2) is 0 Å². The molecule has 0 fully saturated rings. The van der Waals surface area contributed by atoms with Crippen LogP contribution in [0, 0.1) is 0 Å². The number of hydrogen-bond acceptors (Lipinski definition) is 3. The molecule has 2 aromatic carbocycles. The number of aromatic nitrogens is 1. The van der Waals surface area contributed by atoms with Crippen molar-refractivity contribution in [2.24, 2.45) is 5.73 Å². The molecule has 1 aromatic heterocycles. The molecule has 0 aliphatic heterocycles. The lowest BCUT2D eigenvalue weighted by Gasteiger charge is -2.31. The molecular formula is C20H25N3. The fourth-order valence-corrected chi connectivity index (χ4v) is 3.56. The first-order chi connectivity index (χ1) is 11.3. The Kier molecular flexibility index (Phi) is 4.89. The minimum absolute atomic E-state index is 0.327. The lowest BCUT2D eigenvalue weighted by molar-refractivity contribution is 0.213. The van der Waals surface area contributed by atoms with Gasteiger partial charge in [0, 0.05) is 16.8 Å². The Hall–Kier alpha value is -1.97. The van der Waals surface area contributed by atoms with E-state index in [2.05, 4.69) is 67.3 Å². The largest absolute Gasteiger partial charge is 0.330 e. The summed E-state index contributed by atoms with van der Waals surface area (Å²) >= 11 is 0. The van der Waals surface area contributed by atoms with Gasteiger partial charge in [-0.1, -0.05) is 50.2 Å². The van der Waals surface area contributed by atoms with E-state index < -0.39 is 0 Å². The van der Waals surface area contributed by atoms with E-state index in [-0.39, 0.29) is 0 Å². The first kappa shape index (κ1) is 15.9. The van der Waals surface area contributed by atoms with Crippen LogP contribution in [0.15, 0.2) is 48.5 Å². The number of para-hydroxylation sites is 2. The van der Waals surface area contributed by atoms with E-state index in [1.165, 1.54) is 16.3 Å². The number of rotatable bonds is 6. The average Bonchev–Trinajstić information content (AvgIpc) is 2.60. The lowest BCUT2D eigenvalue weighted by Crippen LogP contribution is -2.30. The molecular weight excluding hydrogens is 282 g/mol. The SMILES string of the molecule is CCN(CC)C(CCN)c1c2ccccc2nc2ccccc12. The molecule has 1 heterocycles. The Bertz CT molecular complexity index is 739. The zero-order valence-corrected chi connectivity index (χ0v) is 14.0. The average molecular weight is 307 g/mol. The summed E-state index contributed by atoms with van der Waals surface area (Å²) in [4.78, 5) is 7.34. The molecule has 3 rings (SSSR count). The Balaban J connectivity index is 2.33. The minimum Gasteiger partial charge on any atom is -0.330 e. The first-order valence-corrected chi connectivity index (χ1v) is 8.51. The van der Waals surface area contributed by atoms with Gasteiger partial charge >= 0.3 is 0 Å². The van der Waals surface area contributed by atoms with Crippen molar-refractivity contribution in [3.8, 4) is 0 Å². The number of nitrogens with two attached hydrogens (primary N) is 1.